The highest BCUT2D eigenvalue weighted by molar-refractivity contribution is 5.98. The minimum absolute atomic E-state index is 0.229. The van der Waals surface area contributed by atoms with Gasteiger partial charge in [-0.15, -0.1) is 0 Å². The van der Waals surface area contributed by atoms with Crippen LogP contribution >= 0.6 is 0 Å². The molecular weight excluding hydrogens is 360 g/mol. The summed E-state index contributed by atoms with van der Waals surface area (Å²) in [6.45, 7) is 1.89. The first kappa shape index (κ1) is 20.7. The van der Waals surface area contributed by atoms with Gasteiger partial charge < -0.3 is 20.1 Å². The van der Waals surface area contributed by atoms with Crippen molar-refractivity contribution in [2.45, 2.75) is 6.92 Å². The third-order valence-corrected chi connectivity index (χ3v) is 3.60. The molecule has 2 amide bonds. The van der Waals surface area contributed by atoms with Gasteiger partial charge in [-0.2, -0.15) is 0 Å². The van der Waals surface area contributed by atoms with E-state index in [1.165, 1.54) is 6.08 Å². The average Bonchev–Trinajstić information content (AvgIpc) is 2.71. The number of ether oxygens (including phenoxy) is 2. The first-order valence-corrected chi connectivity index (χ1v) is 8.69. The Morgan fingerprint density at radius 2 is 1.86 bits per heavy atom. The third-order valence-electron chi connectivity index (χ3n) is 3.60. The molecule has 0 aliphatic heterocycles. The number of benzene rings is 2. The maximum Gasteiger partial charge on any atom is 0.331 e. The van der Waals surface area contributed by atoms with Crippen LogP contribution in [0, 0.1) is 0 Å². The number of esters is 1. The van der Waals surface area contributed by atoms with Crippen molar-refractivity contribution in [3.8, 4) is 5.75 Å². The van der Waals surface area contributed by atoms with Gasteiger partial charge in [-0.25, -0.2) is 4.79 Å². The second-order valence-corrected chi connectivity index (χ2v) is 5.71. The minimum atomic E-state index is -0.644. The van der Waals surface area contributed by atoms with Crippen LogP contribution in [-0.2, 0) is 14.3 Å². The van der Waals surface area contributed by atoms with Gasteiger partial charge in [0.2, 0.25) is 0 Å². The Balaban J connectivity index is 1.85. The molecule has 0 radical (unpaired) electrons. The van der Waals surface area contributed by atoms with E-state index < -0.39 is 18.5 Å². The molecule has 0 saturated heterocycles. The molecule has 0 bridgehead atoms. The molecule has 0 saturated carbocycles. The molecule has 146 valence electrons. The Labute approximate surface area is 163 Å². The molecule has 28 heavy (non-hydrogen) atoms. The Kier molecular flexibility index (Phi) is 7.77. The zero-order valence-electron chi connectivity index (χ0n) is 15.7. The molecule has 0 spiro atoms. The molecule has 0 atom stereocenters. The number of carbonyl (C=O) groups is 3. The predicted molar refractivity (Wildman–Crippen MR) is 106 cm³/mol. The molecular formula is C21H22N2O5. The quantitative estimate of drug-likeness (QED) is 0.541. The second kappa shape index (κ2) is 10.5. The molecule has 0 aromatic heterocycles. The Hall–Kier alpha value is -3.61. The van der Waals surface area contributed by atoms with Crippen LogP contribution in [0.25, 0.3) is 6.08 Å². The van der Waals surface area contributed by atoms with Crippen LogP contribution in [0.3, 0.4) is 0 Å². The summed E-state index contributed by atoms with van der Waals surface area (Å²) in [5.41, 5.74) is 1.64. The molecule has 0 fully saturated rings. The van der Waals surface area contributed by atoms with Gasteiger partial charge in [-0.05, 0) is 48.9 Å². The summed E-state index contributed by atoms with van der Waals surface area (Å²) in [4.78, 5) is 35.5. The first-order valence-electron chi connectivity index (χ1n) is 8.69. The lowest BCUT2D eigenvalue weighted by Crippen LogP contribution is -2.23. The van der Waals surface area contributed by atoms with Crippen molar-refractivity contribution in [3.05, 3.63) is 65.7 Å². The van der Waals surface area contributed by atoms with Crippen LogP contribution in [0.4, 0.5) is 5.69 Å². The van der Waals surface area contributed by atoms with Crippen molar-refractivity contribution >= 4 is 29.5 Å². The Morgan fingerprint density at radius 1 is 1.07 bits per heavy atom. The molecule has 0 unspecified atom stereocenters. The number of amides is 2. The number of carbonyl (C=O) groups excluding carboxylic acids is 3. The van der Waals surface area contributed by atoms with Crippen molar-refractivity contribution in [2.24, 2.45) is 0 Å². The van der Waals surface area contributed by atoms with Crippen LogP contribution in [0.2, 0.25) is 0 Å². The van der Waals surface area contributed by atoms with E-state index in [0.29, 0.717) is 23.5 Å². The fraction of sp³-hybridized carbons (Fsp3) is 0.190. The van der Waals surface area contributed by atoms with Crippen LogP contribution in [0.15, 0.2) is 54.6 Å². The van der Waals surface area contributed by atoms with Gasteiger partial charge in [-0.3, -0.25) is 9.59 Å². The molecule has 7 heteroatoms. The fourth-order valence-corrected chi connectivity index (χ4v) is 2.29. The predicted octanol–water partition coefficient (Wildman–Crippen LogP) is 2.64. The molecule has 7 nitrogen and oxygen atoms in total. The monoisotopic (exact) mass is 382 g/mol. The van der Waals surface area contributed by atoms with E-state index in [1.54, 1.807) is 61.7 Å². The summed E-state index contributed by atoms with van der Waals surface area (Å²) in [7, 11) is 1.56. The van der Waals surface area contributed by atoms with Gasteiger partial charge in [0.1, 0.15) is 5.75 Å². The second-order valence-electron chi connectivity index (χ2n) is 5.71. The van der Waals surface area contributed by atoms with E-state index in [-0.39, 0.29) is 5.91 Å². The van der Waals surface area contributed by atoms with Crippen LogP contribution in [0.5, 0.6) is 5.75 Å². The SMILES string of the molecule is CCNC(=O)c1cccc(NC(=O)COC(=O)/C=C/c2cccc(OC)c2)c1. The van der Waals surface area contributed by atoms with E-state index in [9.17, 15) is 14.4 Å². The van der Waals surface area contributed by atoms with E-state index in [0.717, 1.165) is 5.56 Å². The van der Waals surface area contributed by atoms with Gasteiger partial charge in [0.05, 0.1) is 7.11 Å². The summed E-state index contributed by atoms with van der Waals surface area (Å²) in [5, 5.41) is 5.27. The van der Waals surface area contributed by atoms with E-state index >= 15 is 0 Å². The highest BCUT2D eigenvalue weighted by atomic mass is 16.5. The average molecular weight is 382 g/mol. The van der Waals surface area contributed by atoms with Crippen molar-refractivity contribution in [2.75, 3.05) is 25.6 Å². The summed E-state index contributed by atoms with van der Waals surface area (Å²) < 4.78 is 10.0. The molecule has 2 rings (SSSR count). The molecule has 0 aliphatic rings. The van der Waals surface area contributed by atoms with E-state index in [2.05, 4.69) is 10.6 Å². The summed E-state index contributed by atoms with van der Waals surface area (Å²) in [6, 6.07) is 13.7. The van der Waals surface area contributed by atoms with Crippen molar-refractivity contribution in [3.63, 3.8) is 0 Å². The van der Waals surface area contributed by atoms with Gasteiger partial charge in [0.15, 0.2) is 6.61 Å². The maximum atomic E-state index is 12.0. The van der Waals surface area contributed by atoms with Gasteiger partial charge in [0, 0.05) is 23.9 Å². The molecule has 0 aliphatic carbocycles. The van der Waals surface area contributed by atoms with Crippen LogP contribution in [-0.4, -0.2) is 38.0 Å². The van der Waals surface area contributed by atoms with Gasteiger partial charge in [0.25, 0.3) is 11.8 Å². The highest BCUT2D eigenvalue weighted by Crippen LogP contribution is 2.14. The zero-order chi connectivity index (χ0) is 20.4. The lowest BCUT2D eigenvalue weighted by molar-refractivity contribution is -0.142. The zero-order valence-corrected chi connectivity index (χ0v) is 15.7. The van der Waals surface area contributed by atoms with Crippen molar-refractivity contribution < 1.29 is 23.9 Å². The lowest BCUT2D eigenvalue weighted by atomic mass is 10.2. The summed E-state index contributed by atoms with van der Waals surface area (Å²) >= 11 is 0. The van der Waals surface area contributed by atoms with Gasteiger partial charge in [-0.1, -0.05) is 18.2 Å². The fourth-order valence-electron chi connectivity index (χ4n) is 2.29. The van der Waals surface area contributed by atoms with Crippen LogP contribution < -0.4 is 15.4 Å². The normalized spacial score (nSPS) is 10.4. The number of hydrogen-bond donors (Lipinski definition) is 2. The summed E-state index contributed by atoms with van der Waals surface area (Å²) in [5.74, 6) is -0.706. The van der Waals surface area contributed by atoms with E-state index in [1.807, 2.05) is 6.92 Å². The largest absolute Gasteiger partial charge is 0.497 e. The third kappa shape index (κ3) is 6.60. The van der Waals surface area contributed by atoms with Crippen LogP contribution in [0.1, 0.15) is 22.8 Å². The Morgan fingerprint density at radius 3 is 2.61 bits per heavy atom. The minimum Gasteiger partial charge on any atom is -0.497 e. The number of methoxy groups -OCH3 is 1. The molecule has 0 heterocycles. The van der Waals surface area contributed by atoms with Gasteiger partial charge >= 0.3 is 5.97 Å². The number of hydrogen-bond acceptors (Lipinski definition) is 5. The molecule has 2 aromatic rings. The summed E-state index contributed by atoms with van der Waals surface area (Å²) in [6.07, 6.45) is 2.80. The van der Waals surface area contributed by atoms with E-state index in [4.69, 9.17) is 9.47 Å². The molecule has 2 aromatic carbocycles. The number of nitrogens with one attached hydrogen (secondary N) is 2. The Bertz CT molecular complexity index is 877. The highest BCUT2D eigenvalue weighted by Gasteiger charge is 2.08. The maximum absolute atomic E-state index is 12.0. The standard InChI is InChI=1S/C21H22N2O5/c1-3-22-21(26)16-7-5-8-17(13-16)23-19(24)14-28-20(25)11-10-15-6-4-9-18(12-15)27-2/h4-13H,3,14H2,1-2H3,(H,22,26)(H,23,24)/b11-10+. The number of rotatable bonds is 8. The molecule has 2 N–H and O–H groups in total. The lowest BCUT2D eigenvalue weighted by Gasteiger charge is -2.07. The smallest absolute Gasteiger partial charge is 0.331 e. The van der Waals surface area contributed by atoms with Crippen molar-refractivity contribution in [1.82, 2.24) is 5.32 Å². The first-order chi connectivity index (χ1) is 13.5. The number of anilines is 1. The topological polar surface area (TPSA) is 93.7 Å². The van der Waals surface area contributed by atoms with Crippen molar-refractivity contribution in [1.29, 1.82) is 0 Å².